The first-order valence-corrected chi connectivity index (χ1v) is 6.81. The summed E-state index contributed by atoms with van der Waals surface area (Å²) >= 11 is 0. The van der Waals surface area contributed by atoms with Crippen molar-refractivity contribution in [2.24, 2.45) is 0 Å². The molecule has 22 heavy (non-hydrogen) atoms. The minimum absolute atomic E-state index is 0.191. The van der Waals surface area contributed by atoms with Crippen LogP contribution in [0.4, 0.5) is 0 Å². The van der Waals surface area contributed by atoms with Gasteiger partial charge in [-0.15, -0.1) is 0 Å². The van der Waals surface area contributed by atoms with Gasteiger partial charge in [-0.1, -0.05) is 42.5 Å². The predicted molar refractivity (Wildman–Crippen MR) is 81.7 cm³/mol. The third kappa shape index (κ3) is 2.69. The van der Waals surface area contributed by atoms with Crippen LogP contribution < -0.4 is 26.0 Å². The normalized spacial score (nSPS) is 12.3. The quantitative estimate of drug-likeness (QED) is 0.599. The van der Waals surface area contributed by atoms with Gasteiger partial charge in [-0.25, -0.2) is 0 Å². The number of ether oxygens (including phenoxy) is 1. The summed E-state index contributed by atoms with van der Waals surface area (Å²) < 4.78 is 5.84. The molecule has 0 aliphatic carbocycles. The minimum Gasteiger partial charge on any atom is -0.488 e. The zero-order valence-electron chi connectivity index (χ0n) is 11.7. The fourth-order valence-corrected chi connectivity index (χ4v) is 2.28. The molecule has 1 heterocycles. The van der Waals surface area contributed by atoms with E-state index in [4.69, 9.17) is 4.74 Å². The minimum atomic E-state index is -0.627. The molecule has 3 rings (SSSR count). The van der Waals surface area contributed by atoms with Crippen LogP contribution in [-0.4, -0.2) is 12.1 Å². The molecule has 1 aliphatic rings. The smallest absolute Gasteiger partial charge is 0.243 e. The first-order valence-electron chi connectivity index (χ1n) is 6.81. The molecular formula is C17H14N2O3. The lowest BCUT2D eigenvalue weighted by molar-refractivity contribution is -0.126. The van der Waals surface area contributed by atoms with E-state index < -0.39 is 5.78 Å². The third-order valence-corrected chi connectivity index (χ3v) is 3.32. The second kappa shape index (κ2) is 6.13. The molecule has 1 aliphatic heterocycles. The average Bonchev–Trinajstić information content (AvgIpc) is 2.59. The number of hydrogen-bond donors (Lipinski definition) is 2. The van der Waals surface area contributed by atoms with Gasteiger partial charge in [0.15, 0.2) is 6.29 Å². The van der Waals surface area contributed by atoms with Crippen LogP contribution in [0.3, 0.4) is 0 Å². The van der Waals surface area contributed by atoms with E-state index in [1.54, 1.807) is 12.3 Å². The standard InChI is InChI=1S/C17H14N2O3/c20-10-14(21)17-16-13(9-18-19-17)7-4-8-15(16)22-11-12-5-2-1-3-6-12/h1-10,18-19H,11H2. The van der Waals surface area contributed by atoms with Gasteiger partial charge >= 0.3 is 0 Å². The van der Waals surface area contributed by atoms with Crippen molar-refractivity contribution >= 4 is 24.0 Å². The van der Waals surface area contributed by atoms with Crippen LogP contribution in [0.2, 0.25) is 0 Å². The van der Waals surface area contributed by atoms with Crippen molar-refractivity contribution in [3.05, 3.63) is 64.5 Å². The second-order valence-electron chi connectivity index (χ2n) is 4.77. The Morgan fingerprint density at radius 3 is 2.68 bits per heavy atom. The van der Waals surface area contributed by atoms with Gasteiger partial charge in [0.25, 0.3) is 0 Å². The number of rotatable bonds is 5. The molecule has 2 aromatic carbocycles. The number of ketones is 1. The monoisotopic (exact) mass is 294 g/mol. The Hall–Kier alpha value is -3.08. The maximum atomic E-state index is 11.8. The molecule has 0 atom stereocenters. The molecule has 0 aromatic heterocycles. The molecule has 110 valence electrons. The molecule has 0 unspecified atom stereocenters. The summed E-state index contributed by atoms with van der Waals surface area (Å²) in [5, 5.41) is 1.38. The Labute approximate surface area is 126 Å². The lowest BCUT2D eigenvalue weighted by atomic mass is 10.1. The van der Waals surface area contributed by atoms with Crippen LogP contribution in [0.15, 0.2) is 48.5 Å². The van der Waals surface area contributed by atoms with Crippen LogP contribution in [0.5, 0.6) is 5.75 Å². The Kier molecular flexibility index (Phi) is 3.87. The molecule has 5 nitrogen and oxygen atoms in total. The van der Waals surface area contributed by atoms with E-state index in [1.807, 2.05) is 42.5 Å². The maximum absolute atomic E-state index is 11.8. The lowest BCUT2D eigenvalue weighted by Crippen LogP contribution is -2.46. The number of fused-ring (bicyclic) bond motifs is 1. The Morgan fingerprint density at radius 1 is 1.09 bits per heavy atom. The average molecular weight is 294 g/mol. The zero-order valence-corrected chi connectivity index (χ0v) is 11.7. The van der Waals surface area contributed by atoms with Gasteiger partial charge in [-0.2, -0.15) is 0 Å². The van der Waals surface area contributed by atoms with Crippen LogP contribution >= 0.6 is 0 Å². The summed E-state index contributed by atoms with van der Waals surface area (Å²) in [6, 6.07) is 15.2. The fourth-order valence-electron chi connectivity index (χ4n) is 2.28. The van der Waals surface area contributed by atoms with Crippen LogP contribution in [0, 0.1) is 0 Å². The third-order valence-electron chi connectivity index (χ3n) is 3.32. The first kappa shape index (κ1) is 13.9. The number of aldehydes is 1. The van der Waals surface area contributed by atoms with Crippen molar-refractivity contribution in [3.63, 3.8) is 0 Å². The van der Waals surface area contributed by atoms with E-state index in [-0.39, 0.29) is 12.0 Å². The maximum Gasteiger partial charge on any atom is 0.243 e. The van der Waals surface area contributed by atoms with E-state index in [9.17, 15) is 9.59 Å². The van der Waals surface area contributed by atoms with Crippen LogP contribution in [-0.2, 0) is 16.2 Å². The summed E-state index contributed by atoms with van der Waals surface area (Å²) in [6.45, 7) is 0.382. The molecule has 2 aromatic rings. The number of Topliss-reactive ketones (excluding diaryl/α,β-unsaturated/α-hetero) is 1. The Morgan fingerprint density at radius 2 is 1.91 bits per heavy atom. The molecular weight excluding hydrogens is 280 g/mol. The molecule has 5 heteroatoms. The Balaban J connectivity index is 2.03. The van der Waals surface area contributed by atoms with E-state index in [0.29, 0.717) is 17.6 Å². The molecule has 0 radical (unpaired) electrons. The lowest BCUT2D eigenvalue weighted by Gasteiger charge is -2.15. The summed E-state index contributed by atoms with van der Waals surface area (Å²) in [4.78, 5) is 22.6. The van der Waals surface area contributed by atoms with Gasteiger partial charge in [0.2, 0.25) is 5.78 Å². The van der Waals surface area contributed by atoms with E-state index >= 15 is 0 Å². The molecule has 0 saturated heterocycles. The SMILES string of the molecule is O=CC(=O)C1=c2c(OCc3ccccc3)cccc2=CNN1. The number of carbonyl (C=O) groups excluding carboxylic acids is 2. The molecule has 2 N–H and O–H groups in total. The highest BCUT2D eigenvalue weighted by Gasteiger charge is 2.15. The van der Waals surface area contributed by atoms with E-state index in [1.165, 1.54) is 0 Å². The largest absolute Gasteiger partial charge is 0.488 e. The predicted octanol–water partition coefficient (Wildman–Crippen LogP) is -0.0124. The van der Waals surface area contributed by atoms with Gasteiger partial charge in [0.1, 0.15) is 18.1 Å². The topological polar surface area (TPSA) is 67.4 Å². The summed E-state index contributed by atoms with van der Waals surface area (Å²) in [6.07, 6.45) is 2.00. The van der Waals surface area contributed by atoms with Crippen molar-refractivity contribution in [2.45, 2.75) is 6.61 Å². The van der Waals surface area contributed by atoms with Crippen molar-refractivity contribution < 1.29 is 14.3 Å². The second-order valence-corrected chi connectivity index (χ2v) is 4.77. The molecule has 0 amide bonds. The van der Waals surface area contributed by atoms with Gasteiger partial charge in [0, 0.05) is 11.4 Å². The summed E-state index contributed by atoms with van der Waals surface area (Å²) in [7, 11) is 0. The van der Waals surface area contributed by atoms with Crippen molar-refractivity contribution in [1.82, 2.24) is 10.9 Å². The summed E-state index contributed by atoms with van der Waals surface area (Å²) in [5.74, 6) is -0.0746. The first-order chi connectivity index (χ1) is 10.8. The fraction of sp³-hybridized carbons (Fsp3) is 0.0588. The van der Waals surface area contributed by atoms with E-state index in [2.05, 4.69) is 10.9 Å². The van der Waals surface area contributed by atoms with E-state index in [0.717, 1.165) is 10.8 Å². The molecule has 0 spiro atoms. The van der Waals surface area contributed by atoms with Gasteiger partial charge in [-0.05, 0) is 11.6 Å². The summed E-state index contributed by atoms with van der Waals surface area (Å²) in [5.41, 5.74) is 6.69. The molecule has 0 fully saturated rings. The Bertz CT molecular complexity index is 829. The number of hydrogen-bond acceptors (Lipinski definition) is 5. The van der Waals surface area contributed by atoms with Crippen molar-refractivity contribution in [2.75, 3.05) is 0 Å². The van der Waals surface area contributed by atoms with Gasteiger partial charge in [-0.3, -0.25) is 15.0 Å². The number of carbonyl (C=O) groups is 2. The molecule has 0 bridgehead atoms. The zero-order chi connectivity index (χ0) is 15.4. The highest BCUT2D eigenvalue weighted by atomic mass is 16.5. The number of benzene rings is 2. The van der Waals surface area contributed by atoms with Crippen LogP contribution in [0.25, 0.3) is 11.9 Å². The highest BCUT2D eigenvalue weighted by molar-refractivity contribution is 6.43. The van der Waals surface area contributed by atoms with Crippen molar-refractivity contribution in [3.8, 4) is 5.75 Å². The van der Waals surface area contributed by atoms with Gasteiger partial charge in [0.05, 0.1) is 5.22 Å². The molecule has 0 saturated carbocycles. The van der Waals surface area contributed by atoms with Crippen molar-refractivity contribution in [1.29, 1.82) is 0 Å². The van der Waals surface area contributed by atoms with Gasteiger partial charge < -0.3 is 10.2 Å². The number of nitrogens with one attached hydrogen (secondary N) is 2. The van der Waals surface area contributed by atoms with Crippen LogP contribution in [0.1, 0.15) is 5.56 Å². The number of hydrazine groups is 1. The highest BCUT2D eigenvalue weighted by Crippen LogP contribution is 2.07.